The van der Waals surface area contributed by atoms with Crippen molar-refractivity contribution in [2.24, 2.45) is 5.92 Å². The molecule has 0 fully saturated rings. The van der Waals surface area contributed by atoms with Gasteiger partial charge in [-0.15, -0.1) is 18.3 Å². The molecule has 0 saturated carbocycles. The summed E-state index contributed by atoms with van der Waals surface area (Å²) in [4.78, 5) is 0. The van der Waals surface area contributed by atoms with Crippen LogP contribution >= 0.6 is 0 Å². The Balaban J connectivity index is 0. The zero-order valence-electron chi connectivity index (χ0n) is 19.6. The van der Waals surface area contributed by atoms with Crippen molar-refractivity contribution in [1.82, 2.24) is 0 Å². The number of hydrogen-bond donors (Lipinski definition) is 0. The van der Waals surface area contributed by atoms with E-state index < -0.39 is 11.0 Å². The average Bonchev–Trinajstić information content (AvgIpc) is 2.64. The molecule has 0 aliphatic heterocycles. The van der Waals surface area contributed by atoms with Gasteiger partial charge in [0.2, 0.25) is 0 Å². The van der Waals surface area contributed by atoms with Crippen LogP contribution in [0.5, 0.6) is 0 Å². The third-order valence-corrected chi connectivity index (χ3v) is 5.45. The first kappa shape index (κ1) is 30.4. The third-order valence-electron chi connectivity index (χ3n) is 4.03. The minimum Gasteiger partial charge on any atom is -0.684 e. The number of para-hydroxylation sites is 1. The molecule has 0 heterocycles. The fourth-order valence-electron chi connectivity index (χ4n) is 2.16. The van der Waals surface area contributed by atoms with E-state index in [-0.39, 0.29) is 21.8 Å². The molecule has 0 saturated heterocycles. The van der Waals surface area contributed by atoms with E-state index in [1.165, 1.54) is 32.1 Å². The predicted molar refractivity (Wildman–Crippen MR) is 128 cm³/mol. The van der Waals surface area contributed by atoms with Crippen LogP contribution in [-0.4, -0.2) is 15.5 Å². The molecule has 0 aliphatic carbocycles. The molecular weight excluding hydrogens is 419 g/mol. The van der Waals surface area contributed by atoms with Crippen molar-refractivity contribution >= 4 is 16.7 Å². The van der Waals surface area contributed by atoms with E-state index >= 15 is 0 Å². The molecule has 0 spiro atoms. The van der Waals surface area contributed by atoms with Crippen LogP contribution in [0.4, 0.5) is 5.69 Å². The summed E-state index contributed by atoms with van der Waals surface area (Å²) >= 11 is 0. The summed E-state index contributed by atoms with van der Waals surface area (Å²) in [6.07, 6.45) is 9.30. The molecular formula is C24H42MnN2OS. The topological polar surface area (TPSA) is 45.3 Å². The van der Waals surface area contributed by atoms with Gasteiger partial charge >= 0.3 is 17.1 Å². The summed E-state index contributed by atoms with van der Waals surface area (Å²) in [5.41, 5.74) is 2.09. The van der Waals surface area contributed by atoms with Crippen LogP contribution < -0.4 is 0 Å². The van der Waals surface area contributed by atoms with Gasteiger partial charge in [0.25, 0.3) is 0 Å². The summed E-state index contributed by atoms with van der Waals surface area (Å²) in [5, 5.41) is 4.40. The molecule has 1 aromatic carbocycles. The first-order valence-electron chi connectivity index (χ1n) is 10.8. The van der Waals surface area contributed by atoms with E-state index in [9.17, 15) is 4.21 Å². The Morgan fingerprint density at radius 1 is 1.03 bits per heavy atom. The van der Waals surface area contributed by atoms with Gasteiger partial charge < -0.3 is 10.0 Å². The molecule has 3 nitrogen and oxygen atoms in total. The number of nitrogens with zero attached hydrogens (tertiary/aromatic N) is 2. The van der Waals surface area contributed by atoms with Crippen molar-refractivity contribution in [3.05, 3.63) is 52.1 Å². The fourth-order valence-corrected chi connectivity index (χ4v) is 2.91. The quantitative estimate of drug-likeness (QED) is 0.241. The Morgan fingerprint density at radius 2 is 1.62 bits per heavy atom. The van der Waals surface area contributed by atoms with E-state index in [1.807, 2.05) is 51.1 Å². The first-order chi connectivity index (χ1) is 13.2. The standard InChI is InChI=1S/C14H28NOS.C10H14N.Mn/c1-7-8-9-10-11-13(12(2)3)15-17(16)14(4,5)6;1-2-3-9-11-10-7-5-4-6-8-10;/h11-12H,7-10H2,1-6H3;4-8H,2-3,9H2,1H3;/q2*-1;+2/b13-11-;;. The maximum atomic E-state index is 12.0. The van der Waals surface area contributed by atoms with Crippen LogP contribution in [0.3, 0.4) is 0 Å². The predicted octanol–water partition coefficient (Wildman–Crippen LogP) is 8.43. The summed E-state index contributed by atoms with van der Waals surface area (Å²) in [7, 11) is -1.14. The molecule has 1 unspecified atom stereocenters. The Bertz CT molecular complexity index is 554. The first-order valence-corrected chi connectivity index (χ1v) is 11.9. The number of rotatable bonds is 11. The monoisotopic (exact) mass is 461 g/mol. The van der Waals surface area contributed by atoms with Crippen molar-refractivity contribution in [1.29, 1.82) is 0 Å². The van der Waals surface area contributed by atoms with Crippen molar-refractivity contribution in [3.63, 3.8) is 0 Å². The molecule has 0 amide bonds. The molecule has 0 aromatic heterocycles. The van der Waals surface area contributed by atoms with Crippen LogP contribution in [-0.2, 0) is 28.1 Å². The third kappa shape index (κ3) is 16.7. The van der Waals surface area contributed by atoms with Crippen molar-refractivity contribution in [2.75, 3.05) is 6.54 Å². The fraction of sp³-hybridized carbons (Fsp3) is 0.667. The van der Waals surface area contributed by atoms with Gasteiger partial charge in [-0.1, -0.05) is 94.7 Å². The maximum Gasteiger partial charge on any atom is 2.00 e. The second-order valence-electron chi connectivity index (χ2n) is 8.30. The second kappa shape index (κ2) is 18.0. The van der Waals surface area contributed by atoms with Gasteiger partial charge in [-0.05, 0) is 39.5 Å². The molecule has 0 aliphatic rings. The molecule has 0 N–H and O–H groups in total. The Morgan fingerprint density at radius 3 is 2.10 bits per heavy atom. The number of unbranched alkanes of at least 4 members (excludes halogenated alkanes) is 4. The van der Waals surface area contributed by atoms with Gasteiger partial charge in [0.1, 0.15) is 0 Å². The van der Waals surface area contributed by atoms with Gasteiger partial charge in [0.05, 0.1) is 0 Å². The number of hydrogen-bond acceptors (Lipinski definition) is 1. The van der Waals surface area contributed by atoms with E-state index in [4.69, 9.17) is 0 Å². The minimum atomic E-state index is -1.14. The number of allylic oxidation sites excluding steroid dienone is 2. The van der Waals surface area contributed by atoms with Crippen molar-refractivity contribution in [2.45, 2.75) is 91.7 Å². The van der Waals surface area contributed by atoms with Gasteiger partial charge in [0.15, 0.2) is 0 Å². The normalized spacial score (nSPS) is 12.5. The van der Waals surface area contributed by atoms with Crippen LogP contribution in [0, 0.1) is 5.92 Å². The average molecular weight is 462 g/mol. The van der Waals surface area contributed by atoms with Crippen LogP contribution in [0.2, 0.25) is 0 Å². The Hall–Kier alpha value is -0.771. The maximum absolute atomic E-state index is 12.0. The molecule has 1 aromatic rings. The zero-order chi connectivity index (χ0) is 21.4. The van der Waals surface area contributed by atoms with Crippen molar-refractivity contribution in [3.8, 4) is 0 Å². The molecule has 167 valence electrons. The molecule has 5 heteroatoms. The van der Waals surface area contributed by atoms with E-state index in [2.05, 4.69) is 43.8 Å². The minimum absolute atomic E-state index is 0. The second-order valence-corrected chi connectivity index (χ2v) is 10.2. The smallest absolute Gasteiger partial charge is 0.684 e. The SMILES string of the molecule is CCCCC/C=C(\[N-]S(=O)C(C)(C)C)C(C)C.CCCC[N-]c1ccccc1.[Mn+2]. The molecule has 1 rings (SSSR count). The molecule has 0 bridgehead atoms. The van der Waals surface area contributed by atoms with Gasteiger partial charge in [-0.3, -0.25) is 4.21 Å². The van der Waals surface area contributed by atoms with Gasteiger partial charge in [-0.25, -0.2) is 0 Å². The summed E-state index contributed by atoms with van der Waals surface area (Å²) in [5.74, 6) is 0.350. The molecule has 29 heavy (non-hydrogen) atoms. The van der Waals surface area contributed by atoms with Crippen LogP contribution in [0.15, 0.2) is 42.1 Å². The van der Waals surface area contributed by atoms with E-state index in [0.29, 0.717) is 5.92 Å². The van der Waals surface area contributed by atoms with Crippen LogP contribution in [0.1, 0.15) is 87.0 Å². The summed E-state index contributed by atoms with van der Waals surface area (Å²) in [6.45, 7) is 15.4. The van der Waals surface area contributed by atoms with Crippen LogP contribution in [0.25, 0.3) is 10.0 Å². The molecule has 1 radical (unpaired) electrons. The van der Waals surface area contributed by atoms with E-state index in [1.54, 1.807) is 0 Å². The van der Waals surface area contributed by atoms with Crippen molar-refractivity contribution < 1.29 is 21.3 Å². The zero-order valence-corrected chi connectivity index (χ0v) is 21.6. The molecule has 1 atom stereocenters. The Kier molecular flexibility index (Phi) is 18.9. The Labute approximate surface area is 194 Å². The number of benzene rings is 1. The summed E-state index contributed by atoms with van der Waals surface area (Å²) in [6, 6.07) is 10.1. The van der Waals surface area contributed by atoms with Gasteiger partial charge in [-0.2, -0.15) is 5.70 Å². The summed E-state index contributed by atoms with van der Waals surface area (Å²) < 4.78 is 16.1. The van der Waals surface area contributed by atoms with Gasteiger partial charge in [0, 0.05) is 4.75 Å². The van der Waals surface area contributed by atoms with E-state index in [0.717, 1.165) is 24.4 Å². The largest absolute Gasteiger partial charge is 2.00 e.